The van der Waals surface area contributed by atoms with Crippen LogP contribution in [0.5, 0.6) is 0 Å². The minimum Gasteiger partial charge on any atom is -0.481 e. The highest BCUT2D eigenvalue weighted by atomic mass is 31.2. The first kappa shape index (κ1) is 18.1. The summed E-state index contributed by atoms with van der Waals surface area (Å²) in [7, 11) is -3.99. The summed E-state index contributed by atoms with van der Waals surface area (Å²) in [6, 6.07) is 0. The van der Waals surface area contributed by atoms with Gasteiger partial charge in [0, 0.05) is 6.42 Å². The van der Waals surface area contributed by atoms with Crippen LogP contribution >= 0.6 is 7.60 Å². The van der Waals surface area contributed by atoms with E-state index in [2.05, 4.69) is 0 Å². The normalized spacial score (nSPS) is 16.0. The quantitative estimate of drug-likeness (QED) is 0.525. The minimum atomic E-state index is -3.99. The van der Waals surface area contributed by atoms with Gasteiger partial charge in [0.1, 0.15) is 0 Å². The molecule has 0 aromatic carbocycles. The van der Waals surface area contributed by atoms with Gasteiger partial charge in [-0.1, -0.05) is 13.8 Å². The summed E-state index contributed by atoms with van der Waals surface area (Å²) in [6.45, 7) is 3.94. The Kier molecular flexibility index (Phi) is 7.90. The lowest BCUT2D eigenvalue weighted by atomic mass is 10.1. The Morgan fingerprint density at radius 1 is 1.21 bits per heavy atom. The highest BCUT2D eigenvalue weighted by Crippen LogP contribution is 2.44. The molecule has 19 heavy (non-hydrogen) atoms. The van der Waals surface area contributed by atoms with Gasteiger partial charge in [-0.2, -0.15) is 0 Å². The van der Waals surface area contributed by atoms with Crippen LogP contribution in [0.15, 0.2) is 0 Å². The smallest absolute Gasteiger partial charge is 0.328 e. The number of carbonyl (C=O) groups is 2. The predicted octanol–water partition coefficient (Wildman–Crippen LogP) is 1.80. The fraction of sp³-hybridized carbons (Fsp3) is 0.818. The van der Waals surface area contributed by atoms with E-state index in [0.29, 0.717) is 12.3 Å². The Balaban J connectivity index is 4.34. The molecular formula is C11H21O7P. The summed E-state index contributed by atoms with van der Waals surface area (Å²) in [4.78, 5) is 30.8. The summed E-state index contributed by atoms with van der Waals surface area (Å²) >= 11 is 0. The molecule has 112 valence electrons. The zero-order valence-corrected chi connectivity index (χ0v) is 12.0. The number of hydrogen-bond donors (Lipinski definition) is 3. The molecule has 0 radical (unpaired) electrons. The van der Waals surface area contributed by atoms with Crippen molar-refractivity contribution in [1.82, 2.24) is 0 Å². The van der Waals surface area contributed by atoms with Crippen molar-refractivity contribution in [3.8, 4) is 0 Å². The Morgan fingerprint density at radius 2 is 1.79 bits per heavy atom. The van der Waals surface area contributed by atoms with Crippen LogP contribution < -0.4 is 0 Å². The molecular weight excluding hydrogens is 275 g/mol. The van der Waals surface area contributed by atoms with Gasteiger partial charge < -0.3 is 19.6 Å². The van der Waals surface area contributed by atoms with Crippen molar-refractivity contribution < 1.29 is 33.8 Å². The highest BCUT2D eigenvalue weighted by Gasteiger charge is 2.30. The molecule has 0 saturated carbocycles. The first-order valence-corrected chi connectivity index (χ1v) is 7.81. The SMILES string of the molecule is CC(C)CCOP(=O)(O)CC(CCC(=O)O)C(=O)O. The third-order valence-corrected chi connectivity index (χ3v) is 3.98. The van der Waals surface area contributed by atoms with E-state index in [0.717, 1.165) is 0 Å². The lowest BCUT2D eigenvalue weighted by Gasteiger charge is -2.17. The van der Waals surface area contributed by atoms with E-state index in [1.165, 1.54) is 0 Å². The predicted molar refractivity (Wildman–Crippen MR) is 68.1 cm³/mol. The molecule has 0 aliphatic carbocycles. The third kappa shape index (κ3) is 9.64. The molecule has 0 bridgehead atoms. The molecule has 2 unspecified atom stereocenters. The van der Waals surface area contributed by atoms with E-state index >= 15 is 0 Å². The Morgan fingerprint density at radius 3 is 2.21 bits per heavy atom. The molecule has 0 amide bonds. The highest BCUT2D eigenvalue weighted by molar-refractivity contribution is 7.52. The second-order valence-electron chi connectivity index (χ2n) is 4.80. The largest absolute Gasteiger partial charge is 0.481 e. The maximum Gasteiger partial charge on any atom is 0.328 e. The van der Waals surface area contributed by atoms with Gasteiger partial charge in [-0.15, -0.1) is 0 Å². The van der Waals surface area contributed by atoms with Crippen LogP contribution in [0.25, 0.3) is 0 Å². The zero-order valence-electron chi connectivity index (χ0n) is 11.1. The molecule has 0 aliphatic rings. The Bertz CT molecular complexity index is 353. The number of rotatable bonds is 10. The summed E-state index contributed by atoms with van der Waals surface area (Å²) in [5.74, 6) is -3.31. The van der Waals surface area contributed by atoms with Crippen LogP contribution in [0.1, 0.15) is 33.1 Å². The summed E-state index contributed by atoms with van der Waals surface area (Å²) < 4.78 is 16.5. The van der Waals surface area contributed by atoms with Crippen molar-refractivity contribution in [2.24, 2.45) is 11.8 Å². The van der Waals surface area contributed by atoms with Crippen molar-refractivity contribution in [3.63, 3.8) is 0 Å². The first-order chi connectivity index (χ1) is 8.64. The Hall–Kier alpha value is -0.910. The van der Waals surface area contributed by atoms with Crippen LogP contribution in [0, 0.1) is 11.8 Å². The standard InChI is InChI=1S/C11H21O7P/c1-8(2)5-6-18-19(16,17)7-9(11(14)15)3-4-10(12)13/h8-9H,3-7H2,1-2H3,(H,12,13)(H,14,15)(H,16,17). The maximum absolute atomic E-state index is 11.7. The molecule has 0 aromatic rings. The molecule has 0 spiro atoms. The first-order valence-electron chi connectivity index (χ1n) is 6.05. The fourth-order valence-electron chi connectivity index (χ4n) is 1.35. The molecule has 0 saturated heterocycles. The van der Waals surface area contributed by atoms with Gasteiger partial charge >= 0.3 is 19.5 Å². The van der Waals surface area contributed by atoms with Crippen LogP contribution in [-0.4, -0.2) is 39.8 Å². The molecule has 8 heteroatoms. The topological polar surface area (TPSA) is 121 Å². The van der Waals surface area contributed by atoms with Gasteiger partial charge in [0.15, 0.2) is 0 Å². The lowest BCUT2D eigenvalue weighted by Crippen LogP contribution is -2.20. The third-order valence-electron chi connectivity index (χ3n) is 2.50. The van der Waals surface area contributed by atoms with Crippen LogP contribution in [0.2, 0.25) is 0 Å². The van der Waals surface area contributed by atoms with Crippen molar-refractivity contribution in [3.05, 3.63) is 0 Å². The van der Waals surface area contributed by atoms with Gasteiger partial charge in [-0.3, -0.25) is 14.2 Å². The monoisotopic (exact) mass is 296 g/mol. The van der Waals surface area contributed by atoms with E-state index in [-0.39, 0.29) is 19.4 Å². The molecule has 3 N–H and O–H groups in total. The number of hydrogen-bond acceptors (Lipinski definition) is 4. The molecule has 0 rings (SSSR count). The second kappa shape index (κ2) is 8.30. The average molecular weight is 296 g/mol. The second-order valence-corrected chi connectivity index (χ2v) is 6.70. The van der Waals surface area contributed by atoms with Crippen molar-refractivity contribution in [2.75, 3.05) is 12.8 Å². The van der Waals surface area contributed by atoms with Crippen LogP contribution in [0.4, 0.5) is 0 Å². The molecule has 2 atom stereocenters. The average Bonchev–Trinajstić information content (AvgIpc) is 2.22. The van der Waals surface area contributed by atoms with Gasteiger partial charge in [0.2, 0.25) is 0 Å². The van der Waals surface area contributed by atoms with Crippen molar-refractivity contribution in [1.29, 1.82) is 0 Å². The van der Waals surface area contributed by atoms with Gasteiger partial charge in [-0.05, 0) is 18.8 Å². The minimum absolute atomic E-state index is 0.0801. The van der Waals surface area contributed by atoms with E-state index < -0.39 is 31.6 Å². The molecule has 7 nitrogen and oxygen atoms in total. The van der Waals surface area contributed by atoms with Crippen LogP contribution in [0.3, 0.4) is 0 Å². The van der Waals surface area contributed by atoms with E-state index in [1.807, 2.05) is 13.8 Å². The Labute approximate surface area is 112 Å². The molecule has 0 heterocycles. The summed E-state index contributed by atoms with van der Waals surface area (Å²) in [6.07, 6.45) is -0.517. The molecule has 0 aliphatic heterocycles. The van der Waals surface area contributed by atoms with Gasteiger partial charge in [0.05, 0.1) is 18.7 Å². The van der Waals surface area contributed by atoms with E-state index in [4.69, 9.17) is 14.7 Å². The number of aliphatic carboxylic acids is 2. The fourth-order valence-corrected chi connectivity index (χ4v) is 2.74. The van der Waals surface area contributed by atoms with Gasteiger partial charge in [0.25, 0.3) is 0 Å². The van der Waals surface area contributed by atoms with Crippen molar-refractivity contribution >= 4 is 19.5 Å². The van der Waals surface area contributed by atoms with E-state index in [9.17, 15) is 19.0 Å². The lowest BCUT2D eigenvalue weighted by molar-refractivity contribution is -0.142. The summed E-state index contributed by atoms with van der Waals surface area (Å²) in [5, 5.41) is 17.4. The van der Waals surface area contributed by atoms with Crippen molar-refractivity contribution in [2.45, 2.75) is 33.1 Å². The number of carboxylic acid groups (broad SMARTS) is 2. The molecule has 0 fully saturated rings. The summed E-state index contributed by atoms with van der Waals surface area (Å²) in [5.41, 5.74) is 0. The van der Waals surface area contributed by atoms with Gasteiger partial charge in [-0.25, -0.2) is 0 Å². The van der Waals surface area contributed by atoms with Crippen LogP contribution in [-0.2, 0) is 18.7 Å². The maximum atomic E-state index is 11.7. The molecule has 0 aromatic heterocycles. The zero-order chi connectivity index (χ0) is 15.1. The van der Waals surface area contributed by atoms with E-state index in [1.54, 1.807) is 0 Å². The number of carboxylic acids is 2.